The van der Waals surface area contributed by atoms with Gasteiger partial charge in [-0.05, 0) is 53.1 Å². The molecule has 4 aromatic rings. The van der Waals surface area contributed by atoms with Crippen molar-refractivity contribution in [2.24, 2.45) is 15.9 Å². The number of para-hydroxylation sites is 4. The molecule has 9 nitrogen and oxygen atoms in total. The third-order valence-electron chi connectivity index (χ3n) is 4.78. The van der Waals surface area contributed by atoms with Crippen LogP contribution in [0.2, 0.25) is 0 Å². The summed E-state index contributed by atoms with van der Waals surface area (Å²) in [6.45, 7) is 0. The first-order valence-electron chi connectivity index (χ1n) is 10.9. The van der Waals surface area contributed by atoms with Crippen molar-refractivity contribution in [1.29, 1.82) is 0 Å². The average Bonchev–Trinajstić information content (AvgIpc) is 2.92. The molecule has 2 unspecified atom stereocenters. The van der Waals surface area contributed by atoms with Gasteiger partial charge in [-0.3, -0.25) is 11.3 Å². The fraction of sp³-hybridized carbons (Fsp3) is 0. The zero-order chi connectivity index (χ0) is 24.8. The van der Waals surface area contributed by atoms with Gasteiger partial charge in [0.05, 0.1) is 0 Å². The lowest BCUT2D eigenvalue weighted by Gasteiger charge is -2.42. The lowest BCUT2D eigenvalue weighted by Crippen LogP contribution is -2.39. The van der Waals surface area contributed by atoms with Gasteiger partial charge in [0.2, 0.25) is 0 Å². The van der Waals surface area contributed by atoms with E-state index in [0.29, 0.717) is 23.0 Å². The number of benzene rings is 4. The fourth-order valence-electron chi connectivity index (χ4n) is 3.10. The van der Waals surface area contributed by atoms with E-state index in [0.717, 1.165) is 0 Å². The second kappa shape index (κ2) is 11.4. The van der Waals surface area contributed by atoms with Crippen LogP contribution in [-0.2, 0) is 0 Å². The Hall–Kier alpha value is -2.99. The van der Waals surface area contributed by atoms with Crippen LogP contribution in [0, 0.1) is 0 Å². The highest BCUT2D eigenvalue weighted by atomic mass is 31.3. The van der Waals surface area contributed by atoms with Crippen LogP contribution in [0.15, 0.2) is 126 Å². The van der Waals surface area contributed by atoms with E-state index in [4.69, 9.17) is 34.3 Å². The maximum absolute atomic E-state index is 6.71. The van der Waals surface area contributed by atoms with Gasteiger partial charge in [0.1, 0.15) is 23.0 Å². The zero-order valence-electron chi connectivity index (χ0n) is 19.0. The van der Waals surface area contributed by atoms with E-state index in [-0.39, 0.29) is 0 Å². The summed E-state index contributed by atoms with van der Waals surface area (Å²) in [6, 6.07) is 37.1. The van der Waals surface area contributed by atoms with Crippen molar-refractivity contribution in [2.45, 2.75) is 0 Å². The minimum atomic E-state index is -3.39. The lowest BCUT2D eigenvalue weighted by molar-refractivity contribution is 0.123. The topological polar surface area (TPSA) is 108 Å². The van der Waals surface area contributed by atoms with Crippen molar-refractivity contribution in [3.8, 4) is 23.0 Å². The number of rotatable bonds is 8. The van der Waals surface area contributed by atoms with E-state index < -0.39 is 24.5 Å². The average molecular weight is 539 g/mol. The molecule has 0 fully saturated rings. The van der Waals surface area contributed by atoms with Gasteiger partial charge in [0.15, 0.2) is 8.37 Å². The predicted molar refractivity (Wildman–Crippen MR) is 144 cm³/mol. The monoisotopic (exact) mass is 539 g/mol. The molecule has 36 heavy (non-hydrogen) atoms. The maximum atomic E-state index is 6.71. The summed E-state index contributed by atoms with van der Waals surface area (Å²) >= 11 is 0. The molecular weight excluding hydrogens is 515 g/mol. The van der Waals surface area contributed by atoms with Crippen LogP contribution in [-0.4, -0.2) is 9.15 Å². The molecule has 0 aliphatic carbocycles. The highest BCUT2D eigenvalue weighted by molar-refractivity contribution is 7.79. The Morgan fingerprint density at radius 1 is 0.611 bits per heavy atom. The normalized spacial score (nSPS) is 19.6. The molecular formula is C24H24N5O4P3. The summed E-state index contributed by atoms with van der Waals surface area (Å²) in [5.74, 6) is 8.87. The van der Waals surface area contributed by atoms with Crippen molar-refractivity contribution in [3.63, 3.8) is 0 Å². The van der Waals surface area contributed by atoms with E-state index >= 15 is 0 Å². The Balaban J connectivity index is 1.61. The number of hydrogen-bond acceptors (Lipinski definition) is 9. The van der Waals surface area contributed by atoms with Crippen LogP contribution in [0.3, 0.4) is 0 Å². The van der Waals surface area contributed by atoms with E-state index in [1.165, 1.54) is 9.15 Å². The molecule has 1 aliphatic rings. The molecule has 0 radical (unpaired) electrons. The number of hydrogen-bond donors (Lipinski definition) is 2. The predicted octanol–water partition coefficient (Wildman–Crippen LogP) is 7.07. The van der Waals surface area contributed by atoms with Gasteiger partial charge in [-0.1, -0.05) is 77.3 Å². The van der Waals surface area contributed by atoms with Crippen LogP contribution in [0.1, 0.15) is 0 Å². The van der Waals surface area contributed by atoms with Crippen LogP contribution < -0.4 is 29.8 Å². The molecule has 1 heterocycles. The first-order valence-corrected chi connectivity index (χ1v) is 14.9. The number of nitrogens with two attached hydrogens (primary N) is 2. The van der Waals surface area contributed by atoms with Gasteiger partial charge >= 0.3 is 16.1 Å². The Morgan fingerprint density at radius 2 is 1.03 bits per heavy atom. The summed E-state index contributed by atoms with van der Waals surface area (Å²) in [4.78, 5) is 6.15. The zero-order valence-corrected chi connectivity index (χ0v) is 21.7. The SMILES string of the molecule is NN1P(N)N(Oc2ccccc2)P(Oc2ccccc2)N=P1(Oc1ccccc1)Oc1ccccc1. The highest BCUT2D eigenvalue weighted by Crippen LogP contribution is 2.74. The first kappa shape index (κ1) is 24.7. The maximum Gasteiger partial charge on any atom is 0.424 e. The molecule has 0 bridgehead atoms. The second-order valence-corrected chi connectivity index (χ2v) is 13.0. The van der Waals surface area contributed by atoms with Gasteiger partial charge in [0, 0.05) is 0 Å². The number of hydrazine groups is 1. The van der Waals surface area contributed by atoms with Crippen LogP contribution >= 0.6 is 24.5 Å². The smallest absolute Gasteiger partial charge is 0.424 e. The summed E-state index contributed by atoms with van der Waals surface area (Å²) in [7, 11) is -7.08. The summed E-state index contributed by atoms with van der Waals surface area (Å²) in [5, 5.41) is 0. The summed E-state index contributed by atoms with van der Waals surface area (Å²) < 4.78 is 26.9. The molecule has 4 aromatic carbocycles. The number of nitrogens with zero attached hydrogens (tertiary/aromatic N) is 3. The Labute approximate surface area is 212 Å². The molecule has 12 heteroatoms. The Kier molecular flexibility index (Phi) is 7.81. The van der Waals surface area contributed by atoms with Gasteiger partial charge in [0.25, 0.3) is 0 Å². The molecule has 0 amide bonds. The van der Waals surface area contributed by atoms with Crippen LogP contribution in [0.4, 0.5) is 0 Å². The van der Waals surface area contributed by atoms with Crippen molar-refractivity contribution in [1.82, 2.24) is 9.15 Å². The standard InChI is InChI=1S/C24H24N5O4P3/c25-28-34(26)29(30-21-13-5-1-6-14-21)35(31-22-15-7-2-8-16-22)27-36(28,32-23-17-9-3-10-18-23)33-24-19-11-4-12-20-24/h1-20H,25-26H2. The molecule has 0 spiro atoms. The van der Waals surface area contributed by atoms with E-state index in [9.17, 15) is 0 Å². The largest absolute Gasteiger partial charge is 0.437 e. The lowest BCUT2D eigenvalue weighted by atomic mass is 10.3. The molecule has 0 saturated carbocycles. The minimum absolute atomic E-state index is 0.538. The van der Waals surface area contributed by atoms with Crippen LogP contribution in [0.25, 0.3) is 0 Å². The molecule has 184 valence electrons. The molecule has 1 aliphatic heterocycles. The second-order valence-electron chi connectivity index (χ2n) is 7.34. The van der Waals surface area contributed by atoms with Crippen molar-refractivity contribution < 1.29 is 18.4 Å². The van der Waals surface area contributed by atoms with Gasteiger partial charge in [-0.2, -0.15) is 0 Å². The van der Waals surface area contributed by atoms with E-state index in [1.54, 1.807) is 0 Å². The minimum Gasteiger partial charge on any atom is -0.437 e. The molecule has 2 atom stereocenters. The molecule has 4 N–H and O–H groups in total. The Morgan fingerprint density at radius 3 is 1.50 bits per heavy atom. The summed E-state index contributed by atoms with van der Waals surface area (Å²) in [6.07, 6.45) is 0. The first-order chi connectivity index (χ1) is 17.6. The van der Waals surface area contributed by atoms with Crippen molar-refractivity contribution in [3.05, 3.63) is 121 Å². The molecule has 0 aromatic heterocycles. The van der Waals surface area contributed by atoms with Gasteiger partial charge < -0.3 is 18.4 Å². The third-order valence-corrected chi connectivity index (χ3v) is 11.5. The van der Waals surface area contributed by atoms with Gasteiger partial charge in [-0.15, -0.1) is 4.52 Å². The molecule has 5 rings (SSSR count). The van der Waals surface area contributed by atoms with Gasteiger partial charge in [-0.25, -0.2) is 0 Å². The van der Waals surface area contributed by atoms with Crippen LogP contribution in [0.5, 0.6) is 23.0 Å². The highest BCUT2D eigenvalue weighted by Gasteiger charge is 2.51. The van der Waals surface area contributed by atoms with E-state index in [2.05, 4.69) is 0 Å². The quantitative estimate of drug-likeness (QED) is 0.181. The third kappa shape index (κ3) is 5.70. The fourth-order valence-corrected chi connectivity index (χ4v) is 9.98. The van der Waals surface area contributed by atoms with E-state index in [1.807, 2.05) is 121 Å². The Bertz CT molecular complexity index is 1260. The van der Waals surface area contributed by atoms with Crippen molar-refractivity contribution >= 4 is 24.5 Å². The molecule has 0 saturated heterocycles. The summed E-state index contributed by atoms with van der Waals surface area (Å²) in [5.41, 5.74) is 6.71. The van der Waals surface area contributed by atoms with Crippen molar-refractivity contribution in [2.75, 3.05) is 0 Å².